The summed E-state index contributed by atoms with van der Waals surface area (Å²) in [4.78, 5) is 0. The van der Waals surface area contributed by atoms with Gasteiger partial charge in [-0.15, -0.1) is 0 Å². The van der Waals surface area contributed by atoms with Gasteiger partial charge in [-0.25, -0.2) is 0 Å². The van der Waals surface area contributed by atoms with Crippen molar-refractivity contribution < 1.29 is 76.9 Å². The molecular formula is C12Co2N12Zn3-10. The minimum atomic E-state index is 0. The van der Waals surface area contributed by atoms with E-state index in [9.17, 15) is 0 Å². The Bertz CT molecular complexity index is 259. The van der Waals surface area contributed by atoms with Gasteiger partial charge in [-0.2, -0.15) is 0 Å². The van der Waals surface area contributed by atoms with Crippen LogP contribution in [0.4, 0.5) is 0 Å². The molecule has 0 aromatic heterocycles. The summed E-state index contributed by atoms with van der Waals surface area (Å²) in [6, 6.07) is 0. The molecular weight excluding hydrogens is 626 g/mol. The van der Waals surface area contributed by atoms with E-state index in [2.05, 4.69) is 25.8 Å². The molecule has 17 heteroatoms. The Morgan fingerprint density at radius 2 is 0.241 bits per heavy atom. The van der Waals surface area contributed by atoms with Gasteiger partial charge in [0.05, 0.1) is 0 Å². The van der Waals surface area contributed by atoms with Crippen LogP contribution in [0.2, 0.25) is 0 Å². The minimum Gasteiger partial charge on any atom is 2.00 e. The first-order valence-electron chi connectivity index (χ1n) is 3.15. The van der Waals surface area contributed by atoms with Crippen LogP contribution in [-0.4, -0.2) is 0 Å². The third kappa shape index (κ3) is 1220. The van der Waals surface area contributed by atoms with Crippen LogP contribution >= 0.6 is 0 Å². The fraction of sp³-hybridized carbons (Fsp3) is 0. The summed E-state index contributed by atoms with van der Waals surface area (Å²) >= 11 is 9.50. The Morgan fingerprint density at radius 1 is 0.241 bits per heavy atom. The number of rotatable bonds is 0. The van der Waals surface area contributed by atoms with Crippen molar-refractivity contribution in [2.24, 2.45) is 0 Å². The second-order valence-corrected chi connectivity index (χ2v) is 0. The van der Waals surface area contributed by atoms with E-state index in [1.54, 1.807) is 0 Å². The third-order valence-corrected chi connectivity index (χ3v) is 0. The monoisotopic (exact) mass is 622 g/mol. The van der Waals surface area contributed by atoms with Crippen LogP contribution in [0.3, 0.4) is 0 Å². The van der Waals surface area contributed by atoms with E-state index < -0.39 is 0 Å². The van der Waals surface area contributed by atoms with E-state index in [-0.39, 0.29) is 19.5 Å². The van der Waals surface area contributed by atoms with Crippen molar-refractivity contribution in [3.8, 4) is 0 Å². The van der Waals surface area contributed by atoms with Crippen LogP contribution in [0.5, 0.6) is 0 Å². The average Bonchev–Trinajstić information content (AvgIpc) is 2.95. The molecule has 0 saturated heterocycles. The summed E-state index contributed by atoms with van der Waals surface area (Å²) in [5.74, 6) is 0. The molecule has 0 rings (SSSR count). The van der Waals surface area contributed by atoms with Gasteiger partial charge in [0.1, 0.15) is 0 Å². The third-order valence-electron chi connectivity index (χ3n) is 0. The molecule has 29 heavy (non-hydrogen) atoms. The largest absolute Gasteiger partial charge is 2.00 e. The van der Waals surface area contributed by atoms with Gasteiger partial charge in [-0.05, 0) is 0 Å². The standard InChI is InChI=1S/12CN.2Co.3Zn/c12*1-2;;;;;/q12*-1;;;;;+2. The molecule has 12 nitrogen and oxygen atoms in total. The van der Waals surface area contributed by atoms with Crippen molar-refractivity contribution >= 4 is 0 Å². The predicted octanol–water partition coefficient (Wildman–Crippen LogP) is 1.14. The fourth-order valence-corrected chi connectivity index (χ4v) is 0. The summed E-state index contributed by atoms with van der Waals surface area (Å²) in [7, 11) is 0. The van der Waals surface area contributed by atoms with E-state index >= 15 is 0 Å². The minimum absolute atomic E-state index is 0. The second kappa shape index (κ2) is 1330. The molecule has 142 valence electrons. The van der Waals surface area contributed by atoms with Gasteiger partial charge < -0.3 is 142 Å². The molecule has 0 unspecified atom stereocenters. The first-order chi connectivity index (χ1) is 14.0. The zero-order chi connectivity index (χ0) is 28.0. The fourth-order valence-electron chi connectivity index (χ4n) is 0. The topological polar surface area (TPSA) is 285 Å². The molecule has 0 N–H and O–H groups in total. The van der Waals surface area contributed by atoms with Gasteiger partial charge in [-0.3, -0.25) is 0 Å². The first-order valence-corrected chi connectivity index (χ1v) is 12.8. The van der Waals surface area contributed by atoms with Gasteiger partial charge in [0.2, 0.25) is 0 Å². The summed E-state index contributed by atoms with van der Waals surface area (Å²) in [6.07, 6.45) is 0. The first kappa shape index (κ1) is 136. The van der Waals surface area contributed by atoms with Crippen molar-refractivity contribution in [2.75, 3.05) is 0 Å². The predicted molar refractivity (Wildman–Crippen MR) is 59.6 cm³/mol. The second-order valence-electron chi connectivity index (χ2n) is 0. The van der Waals surface area contributed by atoms with Crippen molar-refractivity contribution in [1.29, 1.82) is 63.1 Å². The average molecular weight is 626 g/mol. The SMILES string of the molecule is [C-]#N.[C-]#N.[C-]#N.[C-]#N.[C-]#N.[C-]#N.[C-]#N.[C-]#N.[C-]#N.[C-]#N.[C-]#N.[C-]#N.[Co]=[Zn].[Co]=[Zn].[Zn+2]. The van der Waals surface area contributed by atoms with Gasteiger partial charge >= 0.3 is 76.9 Å². The molecule has 0 heterocycles. The number of hydrogen-bond acceptors (Lipinski definition) is 12. The molecule has 0 fully saturated rings. The van der Waals surface area contributed by atoms with E-state index in [1.165, 1.54) is 0 Å². The molecule has 0 aliphatic carbocycles. The molecule has 0 atom stereocenters. The Hall–Kier alpha value is -3.24. The maximum absolute atomic E-state index is 6.25. The van der Waals surface area contributed by atoms with Gasteiger partial charge in [0, 0.05) is 0 Å². The van der Waals surface area contributed by atoms with Crippen LogP contribution in [0, 0.1) is 142 Å². The number of hydrogen-bond donors (Lipinski definition) is 0. The maximum atomic E-state index is 6.25. The van der Waals surface area contributed by atoms with Crippen molar-refractivity contribution in [3.63, 3.8) is 0 Å². The van der Waals surface area contributed by atoms with E-state index in [0.29, 0.717) is 0 Å². The van der Waals surface area contributed by atoms with Gasteiger partial charge in [-0.1, -0.05) is 0 Å². The van der Waals surface area contributed by atoms with Crippen LogP contribution < -0.4 is 0 Å². The Labute approximate surface area is 217 Å². The zero-order valence-corrected chi connectivity index (χ0v) is 25.1. The van der Waals surface area contributed by atoms with Gasteiger partial charge in [0.25, 0.3) is 0 Å². The molecule has 0 aromatic carbocycles. The van der Waals surface area contributed by atoms with Crippen LogP contribution in [0.15, 0.2) is 0 Å². The Balaban J connectivity index is -0.00000000558. The molecule has 0 spiro atoms. The molecule has 0 aliphatic heterocycles. The zero-order valence-electron chi connectivity index (χ0n) is 14.2. The molecule has 0 aliphatic rings. The van der Waals surface area contributed by atoms with Crippen molar-refractivity contribution in [3.05, 3.63) is 78.9 Å². The summed E-state index contributed by atoms with van der Waals surface area (Å²) < 4.78 is 0. The molecule has 0 radical (unpaired) electrons. The van der Waals surface area contributed by atoms with Crippen molar-refractivity contribution in [1.82, 2.24) is 0 Å². The Morgan fingerprint density at radius 3 is 0.241 bits per heavy atom. The quantitative estimate of drug-likeness (QED) is 0.270. The van der Waals surface area contributed by atoms with E-state index in [1.807, 2.05) is 0 Å². The van der Waals surface area contributed by atoms with Gasteiger partial charge in [0.15, 0.2) is 0 Å². The molecule has 0 saturated carbocycles. The van der Waals surface area contributed by atoms with Crippen molar-refractivity contribution in [2.45, 2.75) is 0 Å². The van der Waals surface area contributed by atoms with E-state index in [0.717, 1.165) is 31.7 Å². The van der Waals surface area contributed by atoms with E-state index in [4.69, 9.17) is 142 Å². The van der Waals surface area contributed by atoms with Crippen LogP contribution in [0.1, 0.15) is 0 Å². The summed E-state index contributed by atoms with van der Waals surface area (Å²) in [6.45, 7) is 57.0. The maximum Gasteiger partial charge on any atom is 2.00 e. The molecule has 0 aromatic rings. The molecule has 0 bridgehead atoms. The van der Waals surface area contributed by atoms with Crippen LogP contribution in [-0.2, 0) is 76.9 Å². The van der Waals surface area contributed by atoms with Crippen LogP contribution in [0.25, 0.3) is 0 Å². The summed E-state index contributed by atoms with van der Waals surface area (Å²) in [5.41, 5.74) is 0. The normalized spacial score (nSPS) is 1.31. The Kier molecular flexibility index (Phi) is 6280. The molecule has 0 amide bonds. The summed E-state index contributed by atoms with van der Waals surface area (Å²) in [5, 5.41) is 75.0. The number of nitrogens with zero attached hydrogens (tertiary/aromatic N) is 12. The smallest absolute Gasteiger partial charge is 2.00 e.